The largest absolute Gasteiger partial charge is 0.456 e. The number of hydrogen-bond acceptors (Lipinski definition) is 5. The number of hydrogen-bond donors (Lipinski definition) is 0. The van der Waals surface area contributed by atoms with E-state index in [1.807, 2.05) is 78.9 Å². The first-order chi connectivity index (χ1) is 21.2. The molecule has 0 aliphatic heterocycles. The molecular weight excluding hydrogens is 528 g/mol. The smallest absolute Gasteiger partial charge is 0.164 e. The minimum absolute atomic E-state index is 0.618. The molecule has 5 heteroatoms. The van der Waals surface area contributed by atoms with Crippen molar-refractivity contribution in [1.82, 2.24) is 15.0 Å². The SMILES string of the molecule is N#Cc1ccc2oc3ccc(-c4ccc5cc(-c6nc(-c7ccccc7)nc(-c7ccccc7)n6)ccc5c4)cc3c2c1. The van der Waals surface area contributed by atoms with Gasteiger partial charge in [-0.1, -0.05) is 91.0 Å². The fraction of sp³-hybridized carbons (Fsp3) is 0. The third-order valence-electron chi connectivity index (χ3n) is 7.73. The molecule has 43 heavy (non-hydrogen) atoms. The lowest BCUT2D eigenvalue weighted by atomic mass is 9.98. The van der Waals surface area contributed by atoms with Gasteiger partial charge in [0, 0.05) is 27.5 Å². The molecule has 8 rings (SSSR count). The number of furan rings is 1. The van der Waals surface area contributed by atoms with Crippen LogP contribution in [0.4, 0.5) is 0 Å². The first kappa shape index (κ1) is 24.7. The van der Waals surface area contributed by atoms with Crippen LogP contribution in [0.5, 0.6) is 0 Å². The van der Waals surface area contributed by atoms with E-state index in [9.17, 15) is 5.26 Å². The van der Waals surface area contributed by atoms with Gasteiger partial charge in [-0.25, -0.2) is 15.0 Å². The Morgan fingerprint density at radius 1 is 0.442 bits per heavy atom. The third-order valence-corrected chi connectivity index (χ3v) is 7.73. The molecule has 0 atom stereocenters. The summed E-state index contributed by atoms with van der Waals surface area (Å²) in [6.07, 6.45) is 0. The standard InChI is InChI=1S/C38H22N4O/c39-23-24-11-17-34-32(19-24)33-22-30(16-18-35(33)43-34)28-12-13-29-21-31(15-14-27(29)20-28)38-41-36(25-7-3-1-4-8-25)40-37(42-38)26-9-5-2-6-10-26/h1-22H. The molecular formula is C38H22N4O. The van der Waals surface area contributed by atoms with Crippen molar-refractivity contribution in [1.29, 1.82) is 5.26 Å². The van der Waals surface area contributed by atoms with Crippen LogP contribution in [0.15, 0.2) is 138 Å². The van der Waals surface area contributed by atoms with Crippen LogP contribution in [0.1, 0.15) is 5.56 Å². The highest BCUT2D eigenvalue weighted by molar-refractivity contribution is 6.07. The quantitative estimate of drug-likeness (QED) is 0.218. The van der Waals surface area contributed by atoms with E-state index in [0.29, 0.717) is 23.0 Å². The summed E-state index contributed by atoms with van der Waals surface area (Å²) >= 11 is 0. The lowest BCUT2D eigenvalue weighted by Gasteiger charge is -2.10. The van der Waals surface area contributed by atoms with Crippen LogP contribution in [-0.4, -0.2) is 15.0 Å². The first-order valence-corrected chi connectivity index (χ1v) is 14.0. The van der Waals surface area contributed by atoms with E-state index in [0.717, 1.165) is 60.5 Å². The minimum atomic E-state index is 0.618. The van der Waals surface area contributed by atoms with Crippen molar-refractivity contribution in [2.45, 2.75) is 0 Å². The van der Waals surface area contributed by atoms with Crippen LogP contribution in [-0.2, 0) is 0 Å². The summed E-state index contributed by atoms with van der Waals surface area (Å²) < 4.78 is 6.02. The fourth-order valence-corrected chi connectivity index (χ4v) is 5.53. The molecule has 0 saturated heterocycles. The Kier molecular flexibility index (Phi) is 5.77. The Morgan fingerprint density at radius 3 is 1.56 bits per heavy atom. The zero-order valence-corrected chi connectivity index (χ0v) is 22.9. The zero-order chi connectivity index (χ0) is 28.8. The van der Waals surface area contributed by atoms with Crippen molar-refractivity contribution < 1.29 is 4.42 Å². The molecule has 5 nitrogen and oxygen atoms in total. The van der Waals surface area contributed by atoms with Gasteiger partial charge < -0.3 is 4.42 Å². The number of fused-ring (bicyclic) bond motifs is 4. The third kappa shape index (κ3) is 4.48. The van der Waals surface area contributed by atoms with Gasteiger partial charge in [-0.3, -0.25) is 0 Å². The van der Waals surface area contributed by atoms with E-state index in [1.165, 1.54) is 0 Å². The van der Waals surface area contributed by atoms with Crippen LogP contribution in [0.25, 0.3) is 78.0 Å². The van der Waals surface area contributed by atoms with Crippen molar-refractivity contribution >= 4 is 32.7 Å². The van der Waals surface area contributed by atoms with Crippen LogP contribution >= 0.6 is 0 Å². The normalized spacial score (nSPS) is 11.2. The lowest BCUT2D eigenvalue weighted by molar-refractivity contribution is 0.669. The fourth-order valence-electron chi connectivity index (χ4n) is 5.53. The highest BCUT2D eigenvalue weighted by Crippen LogP contribution is 2.34. The van der Waals surface area contributed by atoms with Crippen molar-refractivity contribution in [2.75, 3.05) is 0 Å². The monoisotopic (exact) mass is 550 g/mol. The molecule has 8 aromatic rings. The summed E-state index contributed by atoms with van der Waals surface area (Å²) in [5, 5.41) is 13.5. The summed E-state index contributed by atoms with van der Waals surface area (Å²) in [5.74, 6) is 1.92. The number of nitrogens with zero attached hydrogens (tertiary/aromatic N) is 4. The molecule has 0 aliphatic carbocycles. The first-order valence-electron chi connectivity index (χ1n) is 14.0. The van der Waals surface area contributed by atoms with Gasteiger partial charge in [0.2, 0.25) is 0 Å². The molecule has 0 unspecified atom stereocenters. The molecule has 200 valence electrons. The van der Waals surface area contributed by atoms with E-state index in [4.69, 9.17) is 19.4 Å². The molecule has 0 saturated carbocycles. The molecule has 0 N–H and O–H groups in total. The molecule has 0 radical (unpaired) electrons. The number of rotatable bonds is 4. The number of nitriles is 1. The van der Waals surface area contributed by atoms with E-state index >= 15 is 0 Å². The van der Waals surface area contributed by atoms with Crippen LogP contribution in [0.2, 0.25) is 0 Å². The van der Waals surface area contributed by atoms with Gasteiger partial charge in [-0.15, -0.1) is 0 Å². The van der Waals surface area contributed by atoms with E-state index in [2.05, 4.69) is 54.6 Å². The predicted octanol–water partition coefficient (Wildman–Crippen LogP) is 9.46. The van der Waals surface area contributed by atoms with Crippen molar-refractivity contribution in [2.24, 2.45) is 0 Å². The van der Waals surface area contributed by atoms with Gasteiger partial charge in [0.25, 0.3) is 0 Å². The van der Waals surface area contributed by atoms with E-state index < -0.39 is 0 Å². The maximum absolute atomic E-state index is 9.37. The topological polar surface area (TPSA) is 75.6 Å². The highest BCUT2D eigenvalue weighted by Gasteiger charge is 2.14. The van der Waals surface area contributed by atoms with Gasteiger partial charge in [-0.05, 0) is 64.4 Å². The molecule has 0 spiro atoms. The predicted molar refractivity (Wildman–Crippen MR) is 171 cm³/mol. The maximum atomic E-state index is 9.37. The second kappa shape index (κ2) is 10.1. The van der Waals surface area contributed by atoms with Crippen LogP contribution < -0.4 is 0 Å². The lowest BCUT2D eigenvalue weighted by Crippen LogP contribution is -2.00. The van der Waals surface area contributed by atoms with E-state index in [1.54, 1.807) is 6.07 Å². The molecule has 0 aliphatic rings. The Bertz CT molecular complexity index is 2300. The summed E-state index contributed by atoms with van der Waals surface area (Å²) in [4.78, 5) is 14.6. The molecule has 0 amide bonds. The average molecular weight is 551 g/mol. The second-order valence-electron chi connectivity index (χ2n) is 10.5. The van der Waals surface area contributed by atoms with Gasteiger partial charge in [0.15, 0.2) is 17.5 Å². The van der Waals surface area contributed by atoms with Crippen LogP contribution in [0, 0.1) is 11.3 Å². The Morgan fingerprint density at radius 2 is 0.930 bits per heavy atom. The molecule has 2 heterocycles. The minimum Gasteiger partial charge on any atom is -0.456 e. The van der Waals surface area contributed by atoms with Gasteiger partial charge in [0.1, 0.15) is 11.2 Å². The average Bonchev–Trinajstić information content (AvgIpc) is 3.45. The van der Waals surface area contributed by atoms with Crippen molar-refractivity contribution in [3.63, 3.8) is 0 Å². The number of benzene rings is 6. The summed E-state index contributed by atoms with van der Waals surface area (Å²) in [5.41, 5.74) is 7.21. The Balaban J connectivity index is 1.20. The maximum Gasteiger partial charge on any atom is 0.164 e. The highest BCUT2D eigenvalue weighted by atomic mass is 16.3. The molecule has 0 bridgehead atoms. The second-order valence-corrected chi connectivity index (χ2v) is 10.5. The van der Waals surface area contributed by atoms with E-state index in [-0.39, 0.29) is 0 Å². The summed E-state index contributed by atoms with van der Waals surface area (Å²) in [6.45, 7) is 0. The molecule has 2 aromatic heterocycles. The zero-order valence-electron chi connectivity index (χ0n) is 22.9. The Hall–Kier alpha value is -6.12. The molecule has 0 fully saturated rings. The van der Waals surface area contributed by atoms with Gasteiger partial charge in [-0.2, -0.15) is 5.26 Å². The summed E-state index contributed by atoms with van der Waals surface area (Å²) in [7, 11) is 0. The van der Waals surface area contributed by atoms with Gasteiger partial charge in [0.05, 0.1) is 11.6 Å². The van der Waals surface area contributed by atoms with Crippen LogP contribution in [0.3, 0.4) is 0 Å². The molecule has 6 aromatic carbocycles. The van der Waals surface area contributed by atoms with Gasteiger partial charge >= 0.3 is 0 Å². The number of aromatic nitrogens is 3. The summed E-state index contributed by atoms with van der Waals surface area (Å²) in [6, 6.07) is 46.8. The van der Waals surface area contributed by atoms with Crippen molar-refractivity contribution in [3.05, 3.63) is 139 Å². The Labute approximate surface area is 247 Å². The van der Waals surface area contributed by atoms with Crippen molar-refractivity contribution in [3.8, 4) is 51.4 Å².